The van der Waals surface area contributed by atoms with Crippen LogP contribution in [0.1, 0.15) is 6.92 Å². The Morgan fingerprint density at radius 3 is 2.25 bits per heavy atom. The van der Waals surface area contributed by atoms with Crippen molar-refractivity contribution in [3.05, 3.63) is 0 Å². The van der Waals surface area contributed by atoms with Crippen LogP contribution in [0, 0.1) is 0 Å². The van der Waals surface area contributed by atoms with Gasteiger partial charge in [-0.3, -0.25) is 0 Å². The van der Waals surface area contributed by atoms with Gasteiger partial charge in [-0.1, -0.05) is 0 Å². The minimum Gasteiger partial charge on any atom is -0.380 e. The molecule has 0 aromatic carbocycles. The summed E-state index contributed by atoms with van der Waals surface area (Å²) in [6, 6.07) is 0. The SMILES string of the molecule is CNCC(C)OC.Cl. The Kier molecular flexibility index (Phi) is 9.97. The first-order chi connectivity index (χ1) is 3.31. The van der Waals surface area contributed by atoms with Crippen molar-refractivity contribution in [2.45, 2.75) is 13.0 Å². The summed E-state index contributed by atoms with van der Waals surface area (Å²) < 4.78 is 4.93. The molecule has 0 aliphatic rings. The quantitative estimate of drug-likeness (QED) is 0.621. The fourth-order valence-corrected chi connectivity index (χ4v) is 0.371. The van der Waals surface area contributed by atoms with Crippen LogP contribution >= 0.6 is 12.4 Å². The van der Waals surface area contributed by atoms with E-state index < -0.39 is 0 Å². The van der Waals surface area contributed by atoms with Gasteiger partial charge in [0.15, 0.2) is 0 Å². The number of nitrogens with one attached hydrogen (secondary N) is 1. The van der Waals surface area contributed by atoms with E-state index in [9.17, 15) is 0 Å². The summed E-state index contributed by atoms with van der Waals surface area (Å²) >= 11 is 0. The first-order valence-electron chi connectivity index (χ1n) is 2.48. The first kappa shape index (κ1) is 11.1. The van der Waals surface area contributed by atoms with Crippen molar-refractivity contribution in [1.29, 1.82) is 0 Å². The normalized spacial score (nSPS) is 12.4. The Bertz CT molecular complexity index is 43.4. The minimum atomic E-state index is 0. The zero-order chi connectivity index (χ0) is 5.70. The zero-order valence-electron chi connectivity index (χ0n) is 5.60. The lowest BCUT2D eigenvalue weighted by atomic mass is 10.4. The molecule has 8 heavy (non-hydrogen) atoms. The summed E-state index contributed by atoms with van der Waals surface area (Å²) in [5, 5.41) is 2.99. The third-order valence-electron chi connectivity index (χ3n) is 0.894. The van der Waals surface area contributed by atoms with Gasteiger partial charge in [-0.05, 0) is 14.0 Å². The van der Waals surface area contributed by atoms with E-state index in [1.54, 1.807) is 7.11 Å². The molecular weight excluding hydrogens is 126 g/mol. The van der Waals surface area contributed by atoms with Gasteiger partial charge in [0, 0.05) is 13.7 Å². The van der Waals surface area contributed by atoms with Crippen molar-refractivity contribution in [2.75, 3.05) is 20.7 Å². The van der Waals surface area contributed by atoms with Gasteiger partial charge in [0.2, 0.25) is 0 Å². The Morgan fingerprint density at radius 2 is 2.12 bits per heavy atom. The Labute approximate surface area is 57.0 Å². The van der Waals surface area contributed by atoms with Gasteiger partial charge >= 0.3 is 0 Å². The maximum atomic E-state index is 4.93. The third kappa shape index (κ3) is 6.21. The largest absolute Gasteiger partial charge is 0.380 e. The number of halogens is 1. The van der Waals surface area contributed by atoms with Gasteiger partial charge in [0.25, 0.3) is 0 Å². The fraction of sp³-hybridized carbons (Fsp3) is 1.00. The molecule has 52 valence electrons. The van der Waals surface area contributed by atoms with Crippen molar-refractivity contribution < 1.29 is 4.74 Å². The molecule has 0 saturated carbocycles. The van der Waals surface area contributed by atoms with E-state index >= 15 is 0 Å². The molecule has 1 atom stereocenters. The predicted molar refractivity (Wildman–Crippen MR) is 37.6 cm³/mol. The summed E-state index contributed by atoms with van der Waals surface area (Å²) in [5.74, 6) is 0. The van der Waals surface area contributed by atoms with E-state index in [0.29, 0.717) is 6.10 Å². The lowest BCUT2D eigenvalue weighted by molar-refractivity contribution is 0.119. The summed E-state index contributed by atoms with van der Waals surface area (Å²) in [5.41, 5.74) is 0. The van der Waals surface area contributed by atoms with Crippen molar-refractivity contribution in [2.24, 2.45) is 0 Å². The lowest BCUT2D eigenvalue weighted by Crippen LogP contribution is -2.21. The van der Waals surface area contributed by atoms with Crippen LogP contribution in [0.5, 0.6) is 0 Å². The molecule has 2 nitrogen and oxygen atoms in total. The van der Waals surface area contributed by atoms with Gasteiger partial charge in [0.05, 0.1) is 6.10 Å². The molecule has 0 heterocycles. The topological polar surface area (TPSA) is 21.3 Å². The molecule has 0 fully saturated rings. The van der Waals surface area contributed by atoms with Crippen LogP contribution in [-0.4, -0.2) is 26.8 Å². The van der Waals surface area contributed by atoms with Gasteiger partial charge in [-0.15, -0.1) is 12.4 Å². The molecule has 0 aliphatic heterocycles. The van der Waals surface area contributed by atoms with Crippen LogP contribution in [0.4, 0.5) is 0 Å². The summed E-state index contributed by atoms with van der Waals surface area (Å²) in [7, 11) is 3.62. The Morgan fingerprint density at radius 1 is 1.62 bits per heavy atom. The molecule has 0 spiro atoms. The van der Waals surface area contributed by atoms with Gasteiger partial charge in [-0.25, -0.2) is 0 Å². The van der Waals surface area contributed by atoms with E-state index in [2.05, 4.69) is 5.32 Å². The highest BCUT2D eigenvalue weighted by Gasteiger charge is 1.92. The van der Waals surface area contributed by atoms with Crippen LogP contribution in [0.2, 0.25) is 0 Å². The second-order valence-corrected chi connectivity index (χ2v) is 1.60. The second kappa shape index (κ2) is 7.21. The van der Waals surface area contributed by atoms with E-state index in [1.807, 2.05) is 14.0 Å². The number of likely N-dealkylation sites (N-methyl/N-ethyl adjacent to an activating group) is 1. The number of hydrogen-bond acceptors (Lipinski definition) is 2. The molecule has 0 radical (unpaired) electrons. The van der Waals surface area contributed by atoms with Gasteiger partial charge in [0.1, 0.15) is 0 Å². The molecule has 1 unspecified atom stereocenters. The standard InChI is InChI=1S/C5H13NO.ClH/c1-5(7-3)4-6-2;/h5-6H,4H2,1-3H3;1H. The molecule has 0 bridgehead atoms. The van der Waals surface area contributed by atoms with Crippen LogP contribution in [0.25, 0.3) is 0 Å². The molecule has 3 heteroatoms. The van der Waals surface area contributed by atoms with E-state index in [-0.39, 0.29) is 12.4 Å². The molecular formula is C5H14ClNO. The van der Waals surface area contributed by atoms with E-state index in [4.69, 9.17) is 4.74 Å². The molecule has 0 amide bonds. The van der Waals surface area contributed by atoms with Crippen LogP contribution in [0.3, 0.4) is 0 Å². The highest BCUT2D eigenvalue weighted by atomic mass is 35.5. The number of hydrogen-bond donors (Lipinski definition) is 1. The summed E-state index contributed by atoms with van der Waals surface area (Å²) in [6.45, 7) is 2.95. The van der Waals surface area contributed by atoms with Crippen LogP contribution < -0.4 is 5.32 Å². The Balaban J connectivity index is 0. The third-order valence-corrected chi connectivity index (χ3v) is 0.894. The fourth-order valence-electron chi connectivity index (χ4n) is 0.371. The van der Waals surface area contributed by atoms with Crippen LogP contribution in [-0.2, 0) is 4.74 Å². The number of ether oxygens (including phenoxy) is 1. The van der Waals surface area contributed by atoms with E-state index in [1.165, 1.54) is 0 Å². The van der Waals surface area contributed by atoms with Crippen molar-refractivity contribution >= 4 is 12.4 Å². The predicted octanol–water partition coefficient (Wildman–Crippen LogP) is 0.662. The lowest BCUT2D eigenvalue weighted by Gasteiger charge is -2.05. The highest BCUT2D eigenvalue weighted by Crippen LogP contribution is 1.80. The van der Waals surface area contributed by atoms with Crippen LogP contribution in [0.15, 0.2) is 0 Å². The Hall–Kier alpha value is 0.210. The maximum Gasteiger partial charge on any atom is 0.0667 e. The zero-order valence-corrected chi connectivity index (χ0v) is 6.42. The monoisotopic (exact) mass is 139 g/mol. The first-order valence-corrected chi connectivity index (χ1v) is 2.48. The van der Waals surface area contributed by atoms with Gasteiger partial charge in [-0.2, -0.15) is 0 Å². The smallest absolute Gasteiger partial charge is 0.0667 e. The van der Waals surface area contributed by atoms with Crippen molar-refractivity contribution in [1.82, 2.24) is 5.32 Å². The van der Waals surface area contributed by atoms with Gasteiger partial charge < -0.3 is 10.1 Å². The average molecular weight is 140 g/mol. The molecule has 0 aliphatic carbocycles. The molecule has 0 aromatic heterocycles. The van der Waals surface area contributed by atoms with Crippen molar-refractivity contribution in [3.63, 3.8) is 0 Å². The second-order valence-electron chi connectivity index (χ2n) is 1.60. The highest BCUT2D eigenvalue weighted by molar-refractivity contribution is 5.85. The van der Waals surface area contributed by atoms with E-state index in [0.717, 1.165) is 6.54 Å². The number of methoxy groups -OCH3 is 1. The maximum absolute atomic E-state index is 4.93. The molecule has 0 rings (SSSR count). The molecule has 0 aromatic rings. The average Bonchev–Trinajstić information content (AvgIpc) is 1.68. The molecule has 1 N–H and O–H groups in total. The number of rotatable bonds is 3. The minimum absolute atomic E-state index is 0. The summed E-state index contributed by atoms with van der Waals surface area (Å²) in [4.78, 5) is 0. The van der Waals surface area contributed by atoms with Crippen molar-refractivity contribution in [3.8, 4) is 0 Å². The molecule has 0 saturated heterocycles. The summed E-state index contributed by atoms with van der Waals surface area (Å²) in [6.07, 6.45) is 0.338.